The van der Waals surface area contributed by atoms with E-state index in [4.69, 9.17) is 14.5 Å². The fourth-order valence-electron chi connectivity index (χ4n) is 6.04. The number of aliphatic imine (C=N–C) groups is 1. The number of methoxy groups -OCH3 is 1. The molecule has 5 rings (SSSR count). The number of hydrogen-bond acceptors (Lipinski definition) is 7. The maximum Gasteiger partial charge on any atom is 0.408 e. The highest BCUT2D eigenvalue weighted by Crippen LogP contribution is 2.28. The number of carbonyl (C=O) groups excluding carboxylic acids is 2. The average molecular weight is 677 g/mol. The zero-order chi connectivity index (χ0) is 35.7. The number of ether oxygens (including phenoxy) is 2. The molecule has 0 spiro atoms. The Balaban J connectivity index is 1.54. The van der Waals surface area contributed by atoms with Gasteiger partial charge in [0.1, 0.15) is 11.4 Å². The second-order valence-electron chi connectivity index (χ2n) is 13.2. The SMILES string of the molecule is COc1ccc([C@@H](NC(=O)OC(C)(C)C)[C@H](N=C(c2ccccc2)c2ccccc2NC(=O)[C@@H]2CCCN2Cc2ccccc2)C(=O)O)cc1. The lowest BCUT2D eigenvalue weighted by Gasteiger charge is -2.27. The molecule has 0 radical (unpaired) electrons. The summed E-state index contributed by atoms with van der Waals surface area (Å²) < 4.78 is 10.8. The molecular weight excluding hydrogens is 632 g/mol. The number of anilines is 1. The van der Waals surface area contributed by atoms with E-state index in [9.17, 15) is 19.5 Å². The van der Waals surface area contributed by atoms with Crippen molar-refractivity contribution in [2.45, 2.75) is 63.9 Å². The monoisotopic (exact) mass is 676 g/mol. The first-order valence-corrected chi connectivity index (χ1v) is 16.7. The van der Waals surface area contributed by atoms with Crippen molar-refractivity contribution in [3.63, 3.8) is 0 Å². The molecule has 1 heterocycles. The van der Waals surface area contributed by atoms with E-state index in [0.29, 0.717) is 40.4 Å². The fourth-order valence-corrected chi connectivity index (χ4v) is 6.04. The van der Waals surface area contributed by atoms with Gasteiger partial charge in [-0.05, 0) is 69.5 Å². The van der Waals surface area contributed by atoms with Gasteiger partial charge in [0.25, 0.3) is 0 Å². The van der Waals surface area contributed by atoms with Crippen LogP contribution in [-0.4, -0.2) is 65.0 Å². The van der Waals surface area contributed by atoms with Gasteiger partial charge >= 0.3 is 12.1 Å². The van der Waals surface area contributed by atoms with E-state index < -0.39 is 29.7 Å². The number of para-hydroxylation sites is 1. The second-order valence-corrected chi connectivity index (χ2v) is 13.2. The summed E-state index contributed by atoms with van der Waals surface area (Å²) in [4.78, 5) is 47.2. The minimum Gasteiger partial charge on any atom is -0.497 e. The first kappa shape index (κ1) is 35.8. The molecule has 10 nitrogen and oxygen atoms in total. The lowest BCUT2D eigenvalue weighted by molar-refractivity contribution is -0.139. The largest absolute Gasteiger partial charge is 0.497 e. The van der Waals surface area contributed by atoms with Crippen molar-refractivity contribution < 1.29 is 29.0 Å². The van der Waals surface area contributed by atoms with E-state index in [-0.39, 0.29) is 11.9 Å². The van der Waals surface area contributed by atoms with E-state index in [2.05, 4.69) is 27.7 Å². The maximum atomic E-state index is 13.9. The highest BCUT2D eigenvalue weighted by atomic mass is 16.6. The average Bonchev–Trinajstić information content (AvgIpc) is 3.56. The van der Waals surface area contributed by atoms with E-state index in [1.807, 2.05) is 60.7 Å². The van der Waals surface area contributed by atoms with Crippen molar-refractivity contribution in [1.82, 2.24) is 10.2 Å². The molecule has 0 aromatic heterocycles. The van der Waals surface area contributed by atoms with E-state index in [1.165, 1.54) is 7.11 Å². The number of likely N-dealkylation sites (tertiary alicyclic amines) is 1. The number of hydrogen-bond donors (Lipinski definition) is 3. The molecular formula is C40H44N4O6. The highest BCUT2D eigenvalue weighted by Gasteiger charge is 2.34. The molecule has 3 atom stereocenters. The molecule has 2 amide bonds. The summed E-state index contributed by atoms with van der Waals surface area (Å²) in [6.07, 6.45) is 0.841. The lowest BCUT2D eigenvalue weighted by atomic mass is 9.96. The molecule has 1 aliphatic rings. The van der Waals surface area contributed by atoms with Gasteiger partial charge in [0.2, 0.25) is 5.91 Å². The highest BCUT2D eigenvalue weighted by molar-refractivity contribution is 6.17. The van der Waals surface area contributed by atoms with Gasteiger partial charge in [-0.15, -0.1) is 0 Å². The normalized spacial score (nSPS) is 16.2. The summed E-state index contributed by atoms with van der Waals surface area (Å²) in [6.45, 7) is 6.66. The number of carboxylic acids is 1. The Kier molecular flexibility index (Phi) is 11.7. The zero-order valence-electron chi connectivity index (χ0n) is 28.8. The minimum atomic E-state index is -1.49. The van der Waals surface area contributed by atoms with E-state index in [0.717, 1.165) is 24.9 Å². The van der Waals surface area contributed by atoms with Crippen molar-refractivity contribution in [3.05, 3.63) is 131 Å². The van der Waals surface area contributed by atoms with Crippen molar-refractivity contribution in [1.29, 1.82) is 0 Å². The Bertz CT molecular complexity index is 1790. The van der Waals surface area contributed by atoms with Gasteiger partial charge < -0.3 is 25.2 Å². The smallest absolute Gasteiger partial charge is 0.408 e. The number of amides is 2. The summed E-state index contributed by atoms with van der Waals surface area (Å²) in [5.41, 5.74) is 2.81. The van der Waals surface area contributed by atoms with Crippen LogP contribution in [0.2, 0.25) is 0 Å². The van der Waals surface area contributed by atoms with Crippen molar-refractivity contribution in [2.24, 2.45) is 4.99 Å². The molecule has 3 N–H and O–H groups in total. The van der Waals surface area contributed by atoms with Crippen molar-refractivity contribution in [2.75, 3.05) is 19.0 Å². The van der Waals surface area contributed by atoms with Gasteiger partial charge in [-0.25, -0.2) is 9.59 Å². The van der Waals surface area contributed by atoms with E-state index >= 15 is 0 Å². The zero-order valence-corrected chi connectivity index (χ0v) is 28.8. The first-order chi connectivity index (χ1) is 24.0. The number of alkyl carbamates (subject to hydrolysis) is 1. The van der Waals surface area contributed by atoms with Gasteiger partial charge in [0, 0.05) is 17.7 Å². The topological polar surface area (TPSA) is 130 Å². The number of carbonyl (C=O) groups is 3. The van der Waals surface area contributed by atoms with Crippen LogP contribution in [0.5, 0.6) is 5.75 Å². The Morgan fingerprint density at radius 2 is 1.54 bits per heavy atom. The molecule has 4 aromatic carbocycles. The van der Waals surface area contributed by atoms with Crippen LogP contribution in [-0.2, 0) is 20.9 Å². The molecule has 0 saturated carbocycles. The van der Waals surface area contributed by atoms with Gasteiger partial charge in [-0.2, -0.15) is 0 Å². The quantitative estimate of drug-likeness (QED) is 0.140. The van der Waals surface area contributed by atoms with Crippen LogP contribution in [0.3, 0.4) is 0 Å². The predicted octanol–water partition coefficient (Wildman–Crippen LogP) is 6.85. The molecule has 0 bridgehead atoms. The molecule has 260 valence electrons. The number of nitrogens with zero attached hydrogens (tertiary/aromatic N) is 2. The van der Waals surface area contributed by atoms with E-state index in [1.54, 1.807) is 57.2 Å². The van der Waals surface area contributed by atoms with Crippen LogP contribution in [0.15, 0.2) is 114 Å². The third-order valence-electron chi connectivity index (χ3n) is 8.37. The predicted molar refractivity (Wildman–Crippen MR) is 194 cm³/mol. The molecule has 10 heteroatoms. The number of benzene rings is 4. The molecule has 4 aromatic rings. The van der Waals surface area contributed by atoms with Crippen LogP contribution in [0.25, 0.3) is 0 Å². The Labute approximate surface area is 293 Å². The Hall–Kier alpha value is -5.48. The van der Waals surface area contributed by atoms with Crippen LogP contribution in [0.1, 0.15) is 61.9 Å². The second kappa shape index (κ2) is 16.3. The minimum absolute atomic E-state index is 0.143. The number of nitrogens with one attached hydrogen (secondary N) is 2. The first-order valence-electron chi connectivity index (χ1n) is 16.7. The maximum absolute atomic E-state index is 13.9. The molecule has 50 heavy (non-hydrogen) atoms. The summed E-state index contributed by atoms with van der Waals surface area (Å²) >= 11 is 0. The Morgan fingerprint density at radius 1 is 0.900 bits per heavy atom. The molecule has 0 unspecified atom stereocenters. The fraction of sp³-hybridized carbons (Fsp3) is 0.300. The molecule has 1 saturated heterocycles. The summed E-state index contributed by atoms with van der Waals surface area (Å²) in [5, 5.41) is 16.6. The van der Waals surface area contributed by atoms with Crippen LogP contribution in [0, 0.1) is 0 Å². The molecule has 1 fully saturated rings. The summed E-state index contributed by atoms with van der Waals surface area (Å²) in [5.74, 6) is -0.838. The number of rotatable bonds is 12. The van der Waals surface area contributed by atoms with Gasteiger partial charge in [0.15, 0.2) is 6.04 Å². The van der Waals surface area contributed by atoms with Gasteiger partial charge in [0.05, 0.1) is 30.6 Å². The standard InChI is InChI=1S/C40H44N4O6/c1-40(2,3)50-39(48)43-35(29-21-23-30(49-4)24-22-29)36(38(46)47)42-34(28-16-9-6-10-17-28)31-18-11-12-19-32(31)41-37(45)33-20-13-25-44(33)26-27-14-7-5-8-15-27/h5-12,14-19,21-24,33,35-36H,13,20,25-26H2,1-4H3,(H,41,45)(H,43,48)(H,46,47)/t33-,35+,36-/m0/s1. The van der Waals surface area contributed by atoms with Crippen molar-refractivity contribution >= 4 is 29.4 Å². The van der Waals surface area contributed by atoms with Crippen molar-refractivity contribution in [3.8, 4) is 5.75 Å². The van der Waals surface area contributed by atoms with Crippen LogP contribution >= 0.6 is 0 Å². The molecule has 1 aliphatic heterocycles. The third kappa shape index (κ3) is 9.35. The molecule has 0 aliphatic carbocycles. The lowest BCUT2D eigenvalue weighted by Crippen LogP contribution is -2.42. The van der Waals surface area contributed by atoms with Crippen LogP contribution in [0.4, 0.5) is 10.5 Å². The van der Waals surface area contributed by atoms with Gasteiger partial charge in [-0.3, -0.25) is 14.7 Å². The number of carboxylic acid groups (broad SMARTS) is 1. The van der Waals surface area contributed by atoms with Gasteiger partial charge in [-0.1, -0.05) is 91.0 Å². The number of aliphatic carboxylic acids is 1. The Morgan fingerprint density at radius 3 is 2.18 bits per heavy atom. The third-order valence-corrected chi connectivity index (χ3v) is 8.37. The summed E-state index contributed by atoms with van der Waals surface area (Å²) in [7, 11) is 1.53. The summed E-state index contributed by atoms with van der Waals surface area (Å²) in [6, 6.07) is 30.3. The van der Waals surface area contributed by atoms with Crippen LogP contribution < -0.4 is 15.4 Å².